The Balaban J connectivity index is 2.09. The van der Waals surface area contributed by atoms with Gasteiger partial charge in [0.1, 0.15) is 5.75 Å². The van der Waals surface area contributed by atoms with E-state index in [1.165, 1.54) is 31.4 Å². The van der Waals surface area contributed by atoms with Crippen LogP contribution in [0.15, 0.2) is 24.3 Å². The van der Waals surface area contributed by atoms with E-state index in [-0.39, 0.29) is 17.8 Å². The molecule has 4 nitrogen and oxygen atoms in total. The number of esters is 1. The SMILES string of the molecule is CCCCC(CC)CC(O)CCCCCOC(=O)c1ccc(O)cc1. The second kappa shape index (κ2) is 12.8. The highest BCUT2D eigenvalue weighted by Gasteiger charge is 2.12. The van der Waals surface area contributed by atoms with Crippen LogP contribution < -0.4 is 0 Å². The molecule has 2 atom stereocenters. The molecule has 1 rings (SSSR count). The summed E-state index contributed by atoms with van der Waals surface area (Å²) in [5.74, 6) is 0.415. The van der Waals surface area contributed by atoms with Crippen LogP contribution in [-0.4, -0.2) is 28.9 Å². The average molecular weight is 350 g/mol. The number of hydrogen-bond donors (Lipinski definition) is 2. The minimum Gasteiger partial charge on any atom is -0.508 e. The molecule has 0 bridgehead atoms. The van der Waals surface area contributed by atoms with E-state index in [9.17, 15) is 15.0 Å². The Morgan fingerprint density at radius 2 is 1.76 bits per heavy atom. The molecule has 0 amide bonds. The Kier molecular flexibility index (Phi) is 11.0. The summed E-state index contributed by atoms with van der Waals surface area (Å²) < 4.78 is 5.22. The van der Waals surface area contributed by atoms with E-state index in [2.05, 4.69) is 13.8 Å². The summed E-state index contributed by atoms with van der Waals surface area (Å²) in [5, 5.41) is 19.4. The van der Waals surface area contributed by atoms with E-state index in [4.69, 9.17) is 4.74 Å². The van der Waals surface area contributed by atoms with Gasteiger partial charge >= 0.3 is 5.97 Å². The Morgan fingerprint density at radius 1 is 1.04 bits per heavy atom. The monoisotopic (exact) mass is 350 g/mol. The Labute approximate surface area is 152 Å². The summed E-state index contributed by atoms with van der Waals surface area (Å²) >= 11 is 0. The fourth-order valence-corrected chi connectivity index (χ4v) is 2.99. The minimum absolute atomic E-state index is 0.134. The van der Waals surface area contributed by atoms with E-state index in [1.54, 1.807) is 12.1 Å². The number of hydrogen-bond acceptors (Lipinski definition) is 4. The first-order valence-corrected chi connectivity index (χ1v) is 9.71. The molecule has 0 saturated heterocycles. The van der Waals surface area contributed by atoms with Crippen LogP contribution in [0, 0.1) is 5.92 Å². The third-order valence-electron chi connectivity index (χ3n) is 4.67. The average Bonchev–Trinajstić information content (AvgIpc) is 2.61. The Morgan fingerprint density at radius 3 is 2.40 bits per heavy atom. The fraction of sp³-hybridized carbons (Fsp3) is 0.667. The van der Waals surface area contributed by atoms with Gasteiger partial charge in [-0.25, -0.2) is 4.79 Å². The highest BCUT2D eigenvalue weighted by Crippen LogP contribution is 2.21. The maximum absolute atomic E-state index is 11.8. The Bertz CT molecular complexity index is 469. The molecule has 142 valence electrons. The highest BCUT2D eigenvalue weighted by atomic mass is 16.5. The zero-order chi connectivity index (χ0) is 18.5. The number of phenols is 1. The second-order valence-electron chi connectivity index (χ2n) is 6.84. The van der Waals surface area contributed by atoms with Gasteiger partial charge in [0, 0.05) is 0 Å². The van der Waals surface area contributed by atoms with Crippen molar-refractivity contribution in [1.82, 2.24) is 0 Å². The molecule has 0 radical (unpaired) electrons. The number of aliphatic hydroxyl groups is 1. The summed E-state index contributed by atoms with van der Waals surface area (Å²) in [6.45, 7) is 4.80. The van der Waals surface area contributed by atoms with Crippen molar-refractivity contribution < 1.29 is 19.7 Å². The van der Waals surface area contributed by atoms with E-state index in [1.807, 2.05) is 0 Å². The van der Waals surface area contributed by atoms with E-state index < -0.39 is 0 Å². The standard InChI is InChI=1S/C21H34O4/c1-3-5-9-17(4-2)16-20(23)10-7-6-8-15-25-21(24)18-11-13-19(22)14-12-18/h11-14,17,20,22-23H,3-10,15-16H2,1-2H3. The molecule has 4 heteroatoms. The Hall–Kier alpha value is -1.55. The third-order valence-corrected chi connectivity index (χ3v) is 4.67. The molecule has 0 aromatic heterocycles. The van der Waals surface area contributed by atoms with E-state index >= 15 is 0 Å². The lowest BCUT2D eigenvalue weighted by Crippen LogP contribution is -2.13. The molecule has 2 unspecified atom stereocenters. The van der Waals surface area contributed by atoms with Crippen molar-refractivity contribution in [3.63, 3.8) is 0 Å². The smallest absolute Gasteiger partial charge is 0.338 e. The molecule has 0 spiro atoms. The largest absolute Gasteiger partial charge is 0.508 e. The van der Waals surface area contributed by atoms with Gasteiger partial charge in [-0.1, -0.05) is 46.0 Å². The van der Waals surface area contributed by atoms with Crippen LogP contribution in [0.25, 0.3) is 0 Å². The van der Waals surface area contributed by atoms with Crippen molar-refractivity contribution in [3.8, 4) is 5.75 Å². The predicted octanol–water partition coefficient (Wildman–Crippen LogP) is 5.08. The molecular weight excluding hydrogens is 316 g/mol. The zero-order valence-electron chi connectivity index (χ0n) is 15.7. The summed E-state index contributed by atoms with van der Waals surface area (Å²) in [6.07, 6.45) is 9.08. The minimum atomic E-state index is -0.359. The molecule has 0 aliphatic carbocycles. The number of ether oxygens (including phenoxy) is 1. The third kappa shape index (κ3) is 9.49. The van der Waals surface area contributed by atoms with Gasteiger partial charge in [0.25, 0.3) is 0 Å². The molecule has 1 aromatic rings. The van der Waals surface area contributed by atoms with Crippen molar-refractivity contribution in [1.29, 1.82) is 0 Å². The molecule has 0 fully saturated rings. The number of carbonyl (C=O) groups is 1. The quantitative estimate of drug-likeness (QED) is 0.385. The van der Waals surface area contributed by atoms with Crippen LogP contribution in [0.4, 0.5) is 0 Å². The van der Waals surface area contributed by atoms with Crippen LogP contribution in [-0.2, 0) is 4.74 Å². The summed E-state index contributed by atoms with van der Waals surface area (Å²) in [7, 11) is 0. The molecule has 2 N–H and O–H groups in total. The molecule has 0 aliphatic rings. The number of unbranched alkanes of at least 4 members (excludes halogenated alkanes) is 3. The molecule has 0 saturated carbocycles. The van der Waals surface area contributed by atoms with Gasteiger partial charge in [-0.3, -0.25) is 0 Å². The van der Waals surface area contributed by atoms with Crippen molar-refractivity contribution in [2.75, 3.05) is 6.61 Å². The summed E-state index contributed by atoms with van der Waals surface area (Å²) in [5.41, 5.74) is 0.450. The predicted molar refractivity (Wildman–Crippen MR) is 101 cm³/mol. The van der Waals surface area contributed by atoms with Gasteiger partial charge in [0.05, 0.1) is 18.3 Å². The maximum Gasteiger partial charge on any atom is 0.338 e. The maximum atomic E-state index is 11.8. The van der Waals surface area contributed by atoms with Gasteiger partial charge in [-0.05, 0) is 55.9 Å². The van der Waals surface area contributed by atoms with E-state index in [0.717, 1.165) is 38.5 Å². The van der Waals surface area contributed by atoms with Gasteiger partial charge < -0.3 is 14.9 Å². The van der Waals surface area contributed by atoms with Crippen LogP contribution >= 0.6 is 0 Å². The van der Waals surface area contributed by atoms with Gasteiger partial charge in [-0.2, -0.15) is 0 Å². The number of rotatable bonds is 13. The van der Waals surface area contributed by atoms with Crippen LogP contribution in [0.3, 0.4) is 0 Å². The molecule has 0 heterocycles. The van der Waals surface area contributed by atoms with Gasteiger partial charge in [0.15, 0.2) is 0 Å². The first-order valence-electron chi connectivity index (χ1n) is 9.71. The first-order chi connectivity index (χ1) is 12.1. The van der Waals surface area contributed by atoms with Crippen molar-refractivity contribution >= 4 is 5.97 Å². The number of aliphatic hydroxyl groups excluding tert-OH is 1. The van der Waals surface area contributed by atoms with Gasteiger partial charge in [0.2, 0.25) is 0 Å². The van der Waals surface area contributed by atoms with Crippen LogP contribution in [0.5, 0.6) is 5.75 Å². The number of benzene rings is 1. The van der Waals surface area contributed by atoms with Crippen LogP contribution in [0.2, 0.25) is 0 Å². The lowest BCUT2D eigenvalue weighted by Gasteiger charge is -2.18. The zero-order valence-corrected chi connectivity index (χ0v) is 15.7. The lowest BCUT2D eigenvalue weighted by molar-refractivity contribution is 0.0495. The summed E-state index contributed by atoms with van der Waals surface area (Å²) in [6, 6.07) is 6.05. The van der Waals surface area contributed by atoms with Crippen molar-refractivity contribution in [2.24, 2.45) is 5.92 Å². The van der Waals surface area contributed by atoms with Gasteiger partial charge in [-0.15, -0.1) is 0 Å². The van der Waals surface area contributed by atoms with E-state index in [0.29, 0.717) is 18.1 Å². The summed E-state index contributed by atoms with van der Waals surface area (Å²) in [4.78, 5) is 11.8. The fourth-order valence-electron chi connectivity index (χ4n) is 2.99. The molecule has 0 aliphatic heterocycles. The number of carbonyl (C=O) groups excluding carboxylic acids is 1. The van der Waals surface area contributed by atoms with Crippen molar-refractivity contribution in [2.45, 2.75) is 77.7 Å². The topological polar surface area (TPSA) is 66.8 Å². The molecule has 25 heavy (non-hydrogen) atoms. The number of aromatic hydroxyl groups is 1. The highest BCUT2D eigenvalue weighted by molar-refractivity contribution is 5.89. The first kappa shape index (κ1) is 21.5. The number of phenolic OH excluding ortho intramolecular Hbond substituents is 1. The molecule has 1 aromatic carbocycles. The van der Waals surface area contributed by atoms with Crippen molar-refractivity contribution in [3.05, 3.63) is 29.8 Å². The molecular formula is C21H34O4. The lowest BCUT2D eigenvalue weighted by atomic mass is 9.91. The normalized spacial score (nSPS) is 13.4. The second-order valence-corrected chi connectivity index (χ2v) is 6.84. The van der Waals surface area contributed by atoms with Crippen LogP contribution in [0.1, 0.15) is 82.0 Å².